The summed E-state index contributed by atoms with van der Waals surface area (Å²) in [5.74, 6) is -2.81. The third kappa shape index (κ3) is 2.98. The zero-order chi connectivity index (χ0) is 18.8. The van der Waals surface area contributed by atoms with E-state index in [1.54, 1.807) is 29.0 Å². The molecule has 26 heavy (non-hydrogen) atoms. The van der Waals surface area contributed by atoms with Crippen molar-refractivity contribution < 1.29 is 23.8 Å². The van der Waals surface area contributed by atoms with Gasteiger partial charge in [0.05, 0.1) is 12.1 Å². The highest BCUT2D eigenvalue weighted by Gasteiger charge is 2.24. The molecule has 0 fully saturated rings. The van der Waals surface area contributed by atoms with E-state index in [-0.39, 0.29) is 28.9 Å². The summed E-state index contributed by atoms with van der Waals surface area (Å²) in [5.41, 5.74) is -0.0511. The van der Waals surface area contributed by atoms with E-state index in [0.717, 1.165) is 6.92 Å². The van der Waals surface area contributed by atoms with Gasteiger partial charge in [0.2, 0.25) is 0 Å². The van der Waals surface area contributed by atoms with Crippen LogP contribution in [0.2, 0.25) is 0 Å². The molecular weight excluding hydrogens is 341 g/mol. The van der Waals surface area contributed by atoms with Crippen LogP contribution in [0.25, 0.3) is 10.9 Å². The smallest absolute Gasteiger partial charge is 0.358 e. The fraction of sp³-hybridized carbons (Fsp3) is 0.111. The summed E-state index contributed by atoms with van der Waals surface area (Å²) >= 11 is 0. The van der Waals surface area contributed by atoms with Crippen molar-refractivity contribution in [3.8, 4) is 11.8 Å². The highest BCUT2D eigenvalue weighted by Crippen LogP contribution is 2.32. The number of aromatic nitrogens is 2. The molecule has 0 spiro atoms. The van der Waals surface area contributed by atoms with Crippen molar-refractivity contribution in [2.45, 2.75) is 13.5 Å². The molecule has 0 unspecified atom stereocenters. The normalized spacial score (nSPS) is 10.5. The first-order chi connectivity index (χ1) is 12.4. The quantitative estimate of drug-likeness (QED) is 0.723. The number of nitriles is 1. The SMILES string of the molecule is CC(=O)Oc1c(C(=O)O)nc(C#N)c2c1ccn2Cc1ccccc1F. The van der Waals surface area contributed by atoms with Crippen molar-refractivity contribution in [2.24, 2.45) is 0 Å². The third-order valence-electron chi connectivity index (χ3n) is 3.72. The molecule has 3 aromatic rings. The number of halogens is 1. The van der Waals surface area contributed by atoms with Crippen molar-refractivity contribution in [3.63, 3.8) is 0 Å². The number of rotatable bonds is 4. The molecular formula is C18H12FN3O4. The molecule has 0 bridgehead atoms. The fourth-order valence-corrected chi connectivity index (χ4v) is 2.67. The summed E-state index contributed by atoms with van der Waals surface area (Å²) in [6.07, 6.45) is 1.55. The minimum Gasteiger partial charge on any atom is -0.476 e. The van der Waals surface area contributed by atoms with Gasteiger partial charge >= 0.3 is 11.9 Å². The van der Waals surface area contributed by atoms with Crippen LogP contribution in [0, 0.1) is 17.1 Å². The van der Waals surface area contributed by atoms with Gasteiger partial charge in [0.25, 0.3) is 0 Å². The number of carbonyl (C=O) groups excluding carboxylic acids is 1. The van der Waals surface area contributed by atoms with E-state index in [2.05, 4.69) is 4.98 Å². The number of esters is 1. The first kappa shape index (κ1) is 17.1. The molecule has 0 aliphatic heterocycles. The number of benzene rings is 1. The zero-order valence-corrected chi connectivity index (χ0v) is 13.6. The van der Waals surface area contributed by atoms with Gasteiger partial charge in [-0.3, -0.25) is 4.79 Å². The lowest BCUT2D eigenvalue weighted by Crippen LogP contribution is -2.12. The van der Waals surface area contributed by atoms with Crippen LogP contribution in [0.4, 0.5) is 4.39 Å². The largest absolute Gasteiger partial charge is 0.476 e. The van der Waals surface area contributed by atoms with Crippen LogP contribution in [0.3, 0.4) is 0 Å². The standard InChI is InChI=1S/C18H12FN3O4/c1-10(23)26-17-12-6-7-22(9-11-4-2-3-5-13(11)19)16(12)14(8-20)21-15(17)18(24)25/h2-7H,9H2,1H3,(H,24,25). The second kappa shape index (κ2) is 6.64. The topological polar surface area (TPSA) is 105 Å². The molecule has 0 saturated heterocycles. The Morgan fingerprint density at radius 1 is 1.35 bits per heavy atom. The maximum Gasteiger partial charge on any atom is 0.358 e. The molecule has 0 atom stereocenters. The molecule has 0 amide bonds. The molecule has 7 nitrogen and oxygen atoms in total. The fourth-order valence-electron chi connectivity index (χ4n) is 2.67. The molecule has 0 radical (unpaired) electrons. The lowest BCUT2D eigenvalue weighted by Gasteiger charge is -2.11. The first-order valence-electron chi connectivity index (χ1n) is 7.50. The van der Waals surface area contributed by atoms with E-state index in [4.69, 9.17) is 4.74 Å². The van der Waals surface area contributed by atoms with Gasteiger partial charge < -0.3 is 14.4 Å². The second-order valence-corrected chi connectivity index (χ2v) is 5.45. The van der Waals surface area contributed by atoms with E-state index in [1.165, 1.54) is 12.1 Å². The van der Waals surface area contributed by atoms with Crippen molar-refractivity contribution in [1.82, 2.24) is 9.55 Å². The van der Waals surface area contributed by atoms with E-state index in [0.29, 0.717) is 5.56 Å². The summed E-state index contributed by atoms with van der Waals surface area (Å²) in [6.45, 7) is 1.23. The van der Waals surface area contributed by atoms with Gasteiger partial charge in [0.1, 0.15) is 11.9 Å². The Morgan fingerprint density at radius 3 is 2.69 bits per heavy atom. The number of hydrogen-bond donors (Lipinski definition) is 1. The summed E-state index contributed by atoms with van der Waals surface area (Å²) < 4.78 is 20.5. The number of carbonyl (C=O) groups is 2. The average Bonchev–Trinajstić information content (AvgIpc) is 3.01. The number of aromatic carboxylic acids is 1. The number of carboxylic acid groups (broad SMARTS) is 1. The zero-order valence-electron chi connectivity index (χ0n) is 13.6. The van der Waals surface area contributed by atoms with E-state index >= 15 is 0 Å². The molecule has 2 aromatic heterocycles. The van der Waals surface area contributed by atoms with Gasteiger partial charge in [-0.1, -0.05) is 18.2 Å². The van der Waals surface area contributed by atoms with Crippen LogP contribution < -0.4 is 4.74 Å². The Morgan fingerprint density at radius 2 is 2.08 bits per heavy atom. The third-order valence-corrected chi connectivity index (χ3v) is 3.72. The highest BCUT2D eigenvalue weighted by atomic mass is 19.1. The molecule has 130 valence electrons. The monoisotopic (exact) mass is 353 g/mol. The van der Waals surface area contributed by atoms with E-state index < -0.39 is 23.4 Å². The Bertz CT molecular complexity index is 1080. The molecule has 0 saturated carbocycles. The minimum absolute atomic E-state index is 0.0957. The predicted molar refractivity (Wildman–Crippen MR) is 88.2 cm³/mol. The summed E-state index contributed by atoms with van der Waals surface area (Å²) in [6, 6.07) is 9.50. The summed E-state index contributed by atoms with van der Waals surface area (Å²) in [5, 5.41) is 18.9. The van der Waals surface area contributed by atoms with Crippen LogP contribution in [-0.4, -0.2) is 26.6 Å². The number of hydrogen-bond acceptors (Lipinski definition) is 5. The number of carboxylic acids is 1. The lowest BCUT2D eigenvalue weighted by molar-refractivity contribution is -0.131. The Labute approximate surface area is 146 Å². The highest BCUT2D eigenvalue weighted by molar-refractivity contribution is 6.00. The van der Waals surface area contributed by atoms with Gasteiger partial charge in [0, 0.05) is 24.1 Å². The number of fused-ring (bicyclic) bond motifs is 1. The van der Waals surface area contributed by atoms with Gasteiger partial charge in [-0.2, -0.15) is 5.26 Å². The molecule has 0 aliphatic carbocycles. The minimum atomic E-state index is -1.43. The van der Waals surface area contributed by atoms with Crippen LogP contribution in [0.1, 0.15) is 28.7 Å². The Balaban J connectivity index is 2.25. The van der Waals surface area contributed by atoms with Gasteiger partial charge in [-0.05, 0) is 12.1 Å². The maximum atomic E-state index is 13.9. The van der Waals surface area contributed by atoms with Gasteiger partial charge in [-0.25, -0.2) is 14.2 Å². The Kier molecular flexibility index (Phi) is 4.37. The summed E-state index contributed by atoms with van der Waals surface area (Å²) in [7, 11) is 0. The predicted octanol–water partition coefficient (Wildman–Crippen LogP) is 2.72. The average molecular weight is 353 g/mol. The summed E-state index contributed by atoms with van der Waals surface area (Å²) in [4.78, 5) is 26.6. The first-order valence-corrected chi connectivity index (χ1v) is 7.50. The van der Waals surface area contributed by atoms with Crippen LogP contribution in [-0.2, 0) is 11.3 Å². The molecule has 2 heterocycles. The molecule has 8 heteroatoms. The number of pyridine rings is 1. The Hall–Kier alpha value is -3.73. The number of nitrogens with zero attached hydrogens (tertiary/aromatic N) is 3. The second-order valence-electron chi connectivity index (χ2n) is 5.45. The van der Waals surface area contributed by atoms with Crippen molar-refractivity contribution in [2.75, 3.05) is 0 Å². The molecule has 0 aliphatic rings. The molecule has 1 N–H and O–H groups in total. The molecule has 1 aromatic carbocycles. The van der Waals surface area contributed by atoms with E-state index in [1.807, 2.05) is 6.07 Å². The van der Waals surface area contributed by atoms with Crippen LogP contribution in [0.15, 0.2) is 36.5 Å². The lowest BCUT2D eigenvalue weighted by atomic mass is 10.1. The number of ether oxygens (including phenoxy) is 1. The van der Waals surface area contributed by atoms with Crippen molar-refractivity contribution in [3.05, 3.63) is 59.3 Å². The van der Waals surface area contributed by atoms with Gasteiger partial charge in [-0.15, -0.1) is 0 Å². The van der Waals surface area contributed by atoms with Crippen molar-refractivity contribution in [1.29, 1.82) is 5.26 Å². The van der Waals surface area contributed by atoms with E-state index in [9.17, 15) is 24.3 Å². The van der Waals surface area contributed by atoms with Gasteiger partial charge in [0.15, 0.2) is 17.1 Å². The van der Waals surface area contributed by atoms with Crippen LogP contribution >= 0.6 is 0 Å². The van der Waals surface area contributed by atoms with Crippen LogP contribution in [0.5, 0.6) is 5.75 Å². The molecule has 3 rings (SSSR count). The van der Waals surface area contributed by atoms with Crippen molar-refractivity contribution >= 4 is 22.8 Å². The maximum absolute atomic E-state index is 13.9.